The lowest BCUT2D eigenvalue weighted by atomic mass is 9.80. The zero-order valence-electron chi connectivity index (χ0n) is 12.5. The molecular weight excluding hydrogens is 238 g/mol. The largest absolute Gasteiger partial charge is 0.396 e. The third kappa shape index (κ3) is 4.17. The van der Waals surface area contributed by atoms with Crippen LogP contribution in [0.3, 0.4) is 0 Å². The van der Waals surface area contributed by atoms with Crippen LogP contribution in [0, 0.1) is 5.41 Å². The van der Waals surface area contributed by atoms with E-state index in [-0.39, 0.29) is 5.41 Å². The highest BCUT2D eigenvalue weighted by atomic mass is 16.3. The van der Waals surface area contributed by atoms with E-state index in [0.717, 1.165) is 51.6 Å². The molecule has 0 aromatic carbocycles. The molecule has 0 aliphatic heterocycles. The Kier molecular flexibility index (Phi) is 5.27. The number of aliphatic hydroxyl groups is 2. The van der Waals surface area contributed by atoms with Gasteiger partial charge in [-0.25, -0.2) is 0 Å². The normalized spacial score (nSPS) is 26.5. The Labute approximate surface area is 118 Å². The van der Waals surface area contributed by atoms with Gasteiger partial charge in [-0.3, -0.25) is 0 Å². The molecule has 3 nitrogen and oxygen atoms in total. The van der Waals surface area contributed by atoms with Gasteiger partial charge in [-0.05, 0) is 32.7 Å². The first-order chi connectivity index (χ1) is 9.08. The lowest BCUT2D eigenvalue weighted by Crippen LogP contribution is -2.45. The summed E-state index contributed by atoms with van der Waals surface area (Å²) in [5, 5.41) is 20.4. The van der Waals surface area contributed by atoms with Gasteiger partial charge in [0.25, 0.3) is 0 Å². The molecule has 0 radical (unpaired) electrons. The number of rotatable bonds is 5. The molecule has 2 rings (SSSR count). The van der Waals surface area contributed by atoms with Crippen LogP contribution in [0.5, 0.6) is 0 Å². The first-order valence-corrected chi connectivity index (χ1v) is 8.09. The van der Waals surface area contributed by atoms with Crippen molar-refractivity contribution in [2.75, 3.05) is 26.7 Å². The number of nitrogens with zero attached hydrogens (tertiary/aromatic N) is 1. The van der Waals surface area contributed by atoms with E-state index < -0.39 is 5.60 Å². The van der Waals surface area contributed by atoms with Gasteiger partial charge in [0, 0.05) is 25.1 Å². The molecule has 0 spiro atoms. The van der Waals surface area contributed by atoms with Crippen molar-refractivity contribution in [1.82, 2.24) is 4.90 Å². The van der Waals surface area contributed by atoms with Crippen LogP contribution in [0.15, 0.2) is 0 Å². The summed E-state index contributed by atoms with van der Waals surface area (Å²) < 4.78 is 0. The number of hydrogen-bond donors (Lipinski definition) is 2. The molecule has 0 aromatic rings. The highest BCUT2D eigenvalue weighted by Gasteiger charge is 2.36. The molecule has 0 heterocycles. The smallest absolute Gasteiger partial charge is 0.0774 e. The standard InChI is InChI=1S/C16H31NO2/c1-17(13-16(19)10-6-7-11-16)12-15(14-18)8-4-2-3-5-9-15/h18-19H,2-14H2,1H3. The van der Waals surface area contributed by atoms with Gasteiger partial charge >= 0.3 is 0 Å². The van der Waals surface area contributed by atoms with E-state index >= 15 is 0 Å². The zero-order valence-corrected chi connectivity index (χ0v) is 12.5. The minimum absolute atomic E-state index is 0.0835. The molecule has 0 atom stereocenters. The third-order valence-electron chi connectivity index (χ3n) is 5.20. The predicted octanol–water partition coefficient (Wildman–Crippen LogP) is 2.56. The third-order valence-corrected chi connectivity index (χ3v) is 5.20. The van der Waals surface area contributed by atoms with Crippen LogP contribution in [0.25, 0.3) is 0 Å². The molecule has 2 aliphatic carbocycles. The quantitative estimate of drug-likeness (QED) is 0.754. The molecule has 2 N–H and O–H groups in total. The Hall–Kier alpha value is -0.120. The van der Waals surface area contributed by atoms with Crippen LogP contribution in [0.1, 0.15) is 64.2 Å². The van der Waals surface area contributed by atoms with Gasteiger partial charge in [-0.1, -0.05) is 38.5 Å². The van der Waals surface area contributed by atoms with Gasteiger partial charge in [0.15, 0.2) is 0 Å². The summed E-state index contributed by atoms with van der Waals surface area (Å²) in [5.41, 5.74) is -0.379. The molecule has 2 aliphatic rings. The fraction of sp³-hybridized carbons (Fsp3) is 1.00. The molecule has 0 bridgehead atoms. The van der Waals surface area contributed by atoms with Crippen molar-refractivity contribution in [1.29, 1.82) is 0 Å². The average Bonchev–Trinajstić information content (AvgIpc) is 2.65. The maximum absolute atomic E-state index is 10.5. The summed E-state index contributed by atoms with van der Waals surface area (Å²) in [7, 11) is 2.11. The summed E-state index contributed by atoms with van der Waals surface area (Å²) in [6.45, 7) is 2.01. The molecule has 2 fully saturated rings. The lowest BCUT2D eigenvalue weighted by molar-refractivity contribution is -0.00620. The van der Waals surface area contributed by atoms with Gasteiger partial charge in [-0.15, -0.1) is 0 Å². The van der Waals surface area contributed by atoms with Crippen molar-refractivity contribution in [3.05, 3.63) is 0 Å². The van der Waals surface area contributed by atoms with Gasteiger partial charge in [0.05, 0.1) is 5.60 Å². The second kappa shape index (κ2) is 6.55. The van der Waals surface area contributed by atoms with Crippen molar-refractivity contribution in [2.24, 2.45) is 5.41 Å². The number of aliphatic hydroxyl groups excluding tert-OH is 1. The zero-order chi connectivity index (χ0) is 13.8. The second-order valence-electron chi connectivity index (χ2n) is 7.18. The molecule has 2 saturated carbocycles. The Bertz CT molecular complexity index is 266. The Morgan fingerprint density at radius 2 is 1.37 bits per heavy atom. The van der Waals surface area contributed by atoms with Gasteiger partial charge in [0.2, 0.25) is 0 Å². The summed E-state index contributed by atoms with van der Waals surface area (Å²) in [6, 6.07) is 0. The maximum atomic E-state index is 10.5. The molecule has 0 unspecified atom stereocenters. The van der Waals surface area contributed by atoms with Crippen LogP contribution >= 0.6 is 0 Å². The van der Waals surface area contributed by atoms with Crippen molar-refractivity contribution >= 4 is 0 Å². The van der Waals surface area contributed by atoms with Crippen molar-refractivity contribution < 1.29 is 10.2 Å². The minimum Gasteiger partial charge on any atom is -0.396 e. The SMILES string of the molecule is CN(CC1(O)CCCC1)CC1(CO)CCCCCC1. The molecule has 3 heteroatoms. The van der Waals surface area contributed by atoms with Crippen LogP contribution in [-0.2, 0) is 0 Å². The maximum Gasteiger partial charge on any atom is 0.0774 e. The fourth-order valence-corrected chi connectivity index (χ4v) is 4.17. The van der Waals surface area contributed by atoms with E-state index in [9.17, 15) is 10.2 Å². The molecule has 112 valence electrons. The van der Waals surface area contributed by atoms with Crippen molar-refractivity contribution in [2.45, 2.75) is 69.8 Å². The summed E-state index contributed by atoms with van der Waals surface area (Å²) in [5.74, 6) is 0. The van der Waals surface area contributed by atoms with Gasteiger partial charge < -0.3 is 15.1 Å². The number of likely N-dealkylation sites (N-methyl/N-ethyl adjacent to an activating group) is 1. The monoisotopic (exact) mass is 269 g/mol. The van der Waals surface area contributed by atoms with E-state index in [1.54, 1.807) is 0 Å². The molecule has 19 heavy (non-hydrogen) atoms. The average molecular weight is 269 g/mol. The van der Waals surface area contributed by atoms with Crippen LogP contribution in [0.2, 0.25) is 0 Å². The van der Waals surface area contributed by atoms with Crippen LogP contribution in [0.4, 0.5) is 0 Å². The van der Waals surface area contributed by atoms with Gasteiger partial charge in [0.1, 0.15) is 0 Å². The van der Waals surface area contributed by atoms with E-state index in [2.05, 4.69) is 11.9 Å². The number of hydrogen-bond acceptors (Lipinski definition) is 3. The lowest BCUT2D eigenvalue weighted by Gasteiger charge is -2.37. The Morgan fingerprint density at radius 3 is 1.89 bits per heavy atom. The summed E-state index contributed by atoms with van der Waals surface area (Å²) >= 11 is 0. The van der Waals surface area contributed by atoms with E-state index in [0.29, 0.717) is 6.61 Å². The Morgan fingerprint density at radius 1 is 0.842 bits per heavy atom. The first-order valence-electron chi connectivity index (χ1n) is 8.09. The van der Waals surface area contributed by atoms with Crippen molar-refractivity contribution in [3.63, 3.8) is 0 Å². The van der Waals surface area contributed by atoms with Gasteiger partial charge in [-0.2, -0.15) is 0 Å². The van der Waals surface area contributed by atoms with Crippen LogP contribution in [-0.4, -0.2) is 47.5 Å². The topological polar surface area (TPSA) is 43.7 Å². The van der Waals surface area contributed by atoms with Crippen molar-refractivity contribution in [3.8, 4) is 0 Å². The molecule has 0 amide bonds. The predicted molar refractivity (Wildman–Crippen MR) is 78.1 cm³/mol. The van der Waals surface area contributed by atoms with E-state index in [1.165, 1.54) is 25.7 Å². The Balaban J connectivity index is 1.89. The minimum atomic E-state index is -0.462. The summed E-state index contributed by atoms with van der Waals surface area (Å²) in [6.07, 6.45) is 11.6. The molecule has 0 aromatic heterocycles. The second-order valence-corrected chi connectivity index (χ2v) is 7.18. The van der Waals surface area contributed by atoms with Crippen LogP contribution < -0.4 is 0 Å². The first kappa shape index (κ1) is 15.3. The highest BCUT2D eigenvalue weighted by molar-refractivity contribution is 4.90. The highest BCUT2D eigenvalue weighted by Crippen LogP contribution is 2.36. The molecule has 0 saturated heterocycles. The van der Waals surface area contributed by atoms with E-state index in [1.807, 2.05) is 0 Å². The summed E-state index contributed by atoms with van der Waals surface area (Å²) in [4.78, 5) is 2.27. The molecular formula is C16H31NO2. The fourth-order valence-electron chi connectivity index (χ4n) is 4.17. The van der Waals surface area contributed by atoms with E-state index in [4.69, 9.17) is 0 Å².